The minimum Gasteiger partial charge on any atom is -0.491 e. The number of benzene rings is 2. The lowest BCUT2D eigenvalue weighted by Gasteiger charge is -2.10. The third-order valence-corrected chi connectivity index (χ3v) is 5.11. The molecule has 1 aromatic heterocycles. The molecule has 0 saturated heterocycles. The highest BCUT2D eigenvalue weighted by atomic mass is 32.2. The van der Waals surface area contributed by atoms with Crippen LogP contribution in [0.2, 0.25) is 0 Å². The molecule has 1 heterocycles. The van der Waals surface area contributed by atoms with Crippen molar-refractivity contribution in [2.45, 2.75) is 24.8 Å². The number of anilines is 1. The molecule has 0 aliphatic carbocycles. The van der Waals surface area contributed by atoms with Crippen LogP contribution in [0.25, 0.3) is 11.0 Å². The molecule has 0 fully saturated rings. The summed E-state index contributed by atoms with van der Waals surface area (Å²) in [6, 6.07) is 10.5. The zero-order chi connectivity index (χ0) is 17.5. The summed E-state index contributed by atoms with van der Waals surface area (Å²) in [5, 5.41) is 0. The van der Waals surface area contributed by atoms with Crippen LogP contribution >= 0.6 is 0 Å². The zero-order valence-corrected chi connectivity index (χ0v) is 14.0. The van der Waals surface area contributed by atoms with Crippen LogP contribution in [0.5, 0.6) is 5.75 Å². The second-order valence-electron chi connectivity index (χ2n) is 5.61. The Hall–Kier alpha value is -2.74. The topological polar surface area (TPSA) is 107 Å². The van der Waals surface area contributed by atoms with Crippen LogP contribution < -0.4 is 16.2 Å². The molecule has 0 spiro atoms. The van der Waals surface area contributed by atoms with E-state index < -0.39 is 15.7 Å². The molecule has 8 heteroatoms. The third-order valence-electron chi connectivity index (χ3n) is 3.40. The van der Waals surface area contributed by atoms with Gasteiger partial charge in [0.05, 0.1) is 22.0 Å². The molecular weight excluding hydrogens is 330 g/mol. The molecule has 2 aromatic carbocycles. The van der Waals surface area contributed by atoms with Gasteiger partial charge in [-0.05, 0) is 56.3 Å². The van der Waals surface area contributed by atoms with Crippen LogP contribution in [0.15, 0.2) is 52.2 Å². The fraction of sp³-hybridized carbons (Fsp3) is 0.188. The van der Waals surface area contributed by atoms with Crippen LogP contribution in [0, 0.1) is 0 Å². The fourth-order valence-corrected chi connectivity index (χ4v) is 3.79. The molecule has 0 saturated carbocycles. The first-order valence-corrected chi connectivity index (χ1v) is 8.75. The van der Waals surface area contributed by atoms with Crippen molar-refractivity contribution in [3.05, 3.63) is 52.9 Å². The molecule has 3 N–H and O–H groups in total. The van der Waals surface area contributed by atoms with Gasteiger partial charge in [-0.25, -0.2) is 13.2 Å². The molecule has 0 bridgehead atoms. The maximum Gasteiger partial charge on any atom is 0.340 e. The molecule has 0 aliphatic heterocycles. The number of nitrogens with zero attached hydrogens (tertiary/aromatic N) is 1. The minimum absolute atomic E-state index is 0.00145. The summed E-state index contributed by atoms with van der Waals surface area (Å²) in [6.45, 7) is 3.75. The van der Waals surface area contributed by atoms with Gasteiger partial charge in [0.25, 0.3) is 10.0 Å². The van der Waals surface area contributed by atoms with E-state index in [1.165, 1.54) is 24.3 Å². The lowest BCUT2D eigenvalue weighted by Crippen LogP contribution is -2.25. The Bertz CT molecular complexity index is 1050. The highest BCUT2D eigenvalue weighted by molar-refractivity contribution is 7.90. The first-order valence-electron chi connectivity index (χ1n) is 7.31. The van der Waals surface area contributed by atoms with Crippen molar-refractivity contribution in [2.75, 3.05) is 5.73 Å². The molecule has 0 atom stereocenters. The van der Waals surface area contributed by atoms with E-state index in [1.807, 2.05) is 13.8 Å². The number of hydrogen-bond donors (Lipinski definition) is 2. The minimum atomic E-state index is -4.03. The highest BCUT2D eigenvalue weighted by Crippen LogP contribution is 2.22. The van der Waals surface area contributed by atoms with Crippen LogP contribution in [-0.2, 0) is 10.0 Å². The van der Waals surface area contributed by atoms with Crippen molar-refractivity contribution in [1.82, 2.24) is 8.96 Å². The van der Waals surface area contributed by atoms with Gasteiger partial charge in [-0.3, -0.25) is 0 Å². The number of ether oxygens (including phenoxy) is 1. The third kappa shape index (κ3) is 2.76. The van der Waals surface area contributed by atoms with Gasteiger partial charge in [0, 0.05) is 5.69 Å². The van der Waals surface area contributed by atoms with Gasteiger partial charge in [-0.2, -0.15) is 3.97 Å². The van der Waals surface area contributed by atoms with E-state index in [9.17, 15) is 13.2 Å². The average Bonchev–Trinajstić information content (AvgIpc) is 2.82. The predicted octanol–water partition coefficient (Wildman–Crippen LogP) is 1.94. The lowest BCUT2D eigenvalue weighted by atomic mass is 10.3. The van der Waals surface area contributed by atoms with Gasteiger partial charge < -0.3 is 15.5 Å². The normalized spacial score (nSPS) is 12.0. The number of aromatic nitrogens is 2. The maximum atomic E-state index is 12.8. The maximum absolute atomic E-state index is 12.8. The number of fused-ring (bicyclic) bond motifs is 1. The lowest BCUT2D eigenvalue weighted by molar-refractivity contribution is 0.242. The predicted molar refractivity (Wildman–Crippen MR) is 91.8 cm³/mol. The zero-order valence-electron chi connectivity index (χ0n) is 13.2. The summed E-state index contributed by atoms with van der Waals surface area (Å²) < 4.78 is 31.9. The van der Waals surface area contributed by atoms with Crippen LogP contribution in [0.3, 0.4) is 0 Å². The first-order chi connectivity index (χ1) is 11.3. The van der Waals surface area contributed by atoms with Crippen molar-refractivity contribution in [1.29, 1.82) is 0 Å². The second kappa shape index (κ2) is 5.72. The molecule has 3 rings (SSSR count). The molecule has 0 unspecified atom stereocenters. The summed E-state index contributed by atoms with van der Waals surface area (Å²) in [5.74, 6) is 0.558. The number of aromatic amines is 1. The summed E-state index contributed by atoms with van der Waals surface area (Å²) in [4.78, 5) is 14.6. The Balaban J connectivity index is 2.11. The molecular formula is C16H17N3O4S. The SMILES string of the molecule is CC(C)Oc1ccc(S(=O)(=O)n2c(=O)[nH]c3cc(N)ccc32)cc1. The summed E-state index contributed by atoms with van der Waals surface area (Å²) >= 11 is 0. The van der Waals surface area contributed by atoms with Crippen molar-refractivity contribution in [3.8, 4) is 5.75 Å². The Morgan fingerprint density at radius 2 is 1.79 bits per heavy atom. The number of nitrogens with one attached hydrogen (secondary N) is 1. The average molecular weight is 347 g/mol. The van der Waals surface area contributed by atoms with E-state index in [2.05, 4.69) is 4.98 Å². The number of rotatable bonds is 4. The molecule has 3 aromatic rings. The monoisotopic (exact) mass is 347 g/mol. The van der Waals surface area contributed by atoms with E-state index in [4.69, 9.17) is 10.5 Å². The molecule has 0 radical (unpaired) electrons. The van der Waals surface area contributed by atoms with Gasteiger partial charge in [0.1, 0.15) is 5.75 Å². The number of hydrogen-bond acceptors (Lipinski definition) is 5. The van der Waals surface area contributed by atoms with Crippen LogP contribution in [0.4, 0.5) is 5.69 Å². The fourth-order valence-electron chi connectivity index (χ4n) is 2.41. The van der Waals surface area contributed by atoms with Gasteiger partial charge in [0.15, 0.2) is 0 Å². The standard InChI is InChI=1S/C16H17N3O4S/c1-10(2)23-12-4-6-13(7-5-12)24(21,22)19-15-8-3-11(17)9-14(15)18-16(19)20/h3-10H,17H2,1-2H3,(H,18,20). The molecule has 126 valence electrons. The molecule has 0 aliphatic rings. The van der Waals surface area contributed by atoms with Crippen LogP contribution in [0.1, 0.15) is 13.8 Å². The van der Waals surface area contributed by atoms with Crippen molar-refractivity contribution in [2.24, 2.45) is 0 Å². The Morgan fingerprint density at radius 3 is 2.42 bits per heavy atom. The van der Waals surface area contributed by atoms with E-state index in [-0.39, 0.29) is 16.5 Å². The Kier molecular flexibility index (Phi) is 3.84. The summed E-state index contributed by atoms with van der Waals surface area (Å²) in [5.41, 5.74) is 5.97. The quantitative estimate of drug-likeness (QED) is 0.701. The van der Waals surface area contributed by atoms with Crippen LogP contribution in [-0.4, -0.2) is 23.5 Å². The molecule has 24 heavy (non-hydrogen) atoms. The molecule has 7 nitrogen and oxygen atoms in total. The number of nitrogens with two attached hydrogens (primary N) is 1. The van der Waals surface area contributed by atoms with Crippen molar-refractivity contribution >= 4 is 26.7 Å². The van der Waals surface area contributed by atoms with Gasteiger partial charge >= 0.3 is 5.69 Å². The van der Waals surface area contributed by atoms with Gasteiger partial charge in [0.2, 0.25) is 0 Å². The van der Waals surface area contributed by atoms with Crippen molar-refractivity contribution < 1.29 is 13.2 Å². The smallest absolute Gasteiger partial charge is 0.340 e. The summed E-state index contributed by atoms with van der Waals surface area (Å²) in [6.07, 6.45) is -0.0193. The Labute approximate surface area is 138 Å². The first kappa shape index (κ1) is 16.1. The van der Waals surface area contributed by atoms with Crippen molar-refractivity contribution in [3.63, 3.8) is 0 Å². The second-order valence-corrected chi connectivity index (χ2v) is 7.40. The van der Waals surface area contributed by atoms with E-state index >= 15 is 0 Å². The number of H-pyrrole nitrogens is 1. The van der Waals surface area contributed by atoms with E-state index in [0.29, 0.717) is 17.0 Å². The number of nitrogen functional groups attached to an aromatic ring is 1. The van der Waals surface area contributed by atoms with Gasteiger partial charge in [-0.15, -0.1) is 0 Å². The largest absolute Gasteiger partial charge is 0.491 e. The number of imidazole rings is 1. The highest BCUT2D eigenvalue weighted by Gasteiger charge is 2.22. The van der Waals surface area contributed by atoms with Gasteiger partial charge in [-0.1, -0.05) is 0 Å². The molecule has 0 amide bonds. The Morgan fingerprint density at radius 1 is 1.12 bits per heavy atom. The van der Waals surface area contributed by atoms with E-state index in [1.54, 1.807) is 18.2 Å². The summed E-state index contributed by atoms with van der Waals surface area (Å²) in [7, 11) is -4.03. The van der Waals surface area contributed by atoms with E-state index in [0.717, 1.165) is 3.97 Å².